The third kappa shape index (κ3) is 5.97. The van der Waals surface area contributed by atoms with Gasteiger partial charge >= 0.3 is 0 Å². The van der Waals surface area contributed by atoms with E-state index in [-0.39, 0.29) is 36.9 Å². The standard InChI is InChI=1S/C24H29FN2O5/c1-4-31-20-7-5-16(6-8-20)23(28)27-21(15(2)3)24(29)26-10-9-17-11-19(25)12-18-13-30-14-32-22(17)18/h5-8,11-12,15,21H,4,9-10,13-14H2,1-3H3,(H,26,29)(H,27,28). The average Bonchev–Trinajstić information content (AvgIpc) is 2.77. The Morgan fingerprint density at radius 3 is 2.62 bits per heavy atom. The summed E-state index contributed by atoms with van der Waals surface area (Å²) in [5, 5.41) is 5.64. The monoisotopic (exact) mass is 444 g/mol. The largest absolute Gasteiger partial charge is 0.494 e. The van der Waals surface area contributed by atoms with Crippen LogP contribution < -0.4 is 20.1 Å². The second-order valence-corrected chi connectivity index (χ2v) is 7.86. The normalized spacial score (nSPS) is 13.7. The van der Waals surface area contributed by atoms with E-state index < -0.39 is 6.04 Å². The molecule has 2 N–H and O–H groups in total. The van der Waals surface area contributed by atoms with E-state index in [1.54, 1.807) is 24.3 Å². The number of benzene rings is 2. The molecule has 0 aliphatic carbocycles. The van der Waals surface area contributed by atoms with Crippen molar-refractivity contribution in [3.05, 3.63) is 58.9 Å². The van der Waals surface area contributed by atoms with Gasteiger partial charge in [-0.1, -0.05) is 13.8 Å². The second-order valence-electron chi connectivity index (χ2n) is 7.86. The van der Waals surface area contributed by atoms with Crippen LogP contribution in [0.2, 0.25) is 0 Å². The lowest BCUT2D eigenvalue weighted by atomic mass is 10.0. The van der Waals surface area contributed by atoms with Crippen LogP contribution in [-0.4, -0.2) is 37.8 Å². The number of ether oxygens (including phenoxy) is 3. The van der Waals surface area contributed by atoms with Crippen LogP contribution in [-0.2, 0) is 22.6 Å². The summed E-state index contributed by atoms with van der Waals surface area (Å²) in [5.74, 6) is 0.155. The molecule has 7 nitrogen and oxygen atoms in total. The summed E-state index contributed by atoms with van der Waals surface area (Å²) in [7, 11) is 0. The number of carbonyl (C=O) groups is 2. The second kappa shape index (κ2) is 10.9. The molecular formula is C24H29FN2O5. The van der Waals surface area contributed by atoms with E-state index in [2.05, 4.69) is 10.6 Å². The highest BCUT2D eigenvalue weighted by Gasteiger charge is 2.25. The highest BCUT2D eigenvalue weighted by Crippen LogP contribution is 2.29. The first-order valence-corrected chi connectivity index (χ1v) is 10.7. The Morgan fingerprint density at radius 2 is 1.94 bits per heavy atom. The van der Waals surface area contributed by atoms with Crippen LogP contribution in [0.5, 0.6) is 11.5 Å². The van der Waals surface area contributed by atoms with E-state index in [4.69, 9.17) is 14.2 Å². The zero-order valence-electron chi connectivity index (χ0n) is 18.6. The van der Waals surface area contributed by atoms with Crippen molar-refractivity contribution in [2.75, 3.05) is 19.9 Å². The van der Waals surface area contributed by atoms with Crippen molar-refractivity contribution in [2.24, 2.45) is 5.92 Å². The molecule has 0 spiro atoms. The molecule has 0 radical (unpaired) electrons. The fourth-order valence-electron chi connectivity index (χ4n) is 3.50. The summed E-state index contributed by atoms with van der Waals surface area (Å²) in [6.45, 7) is 6.83. The quantitative estimate of drug-likeness (QED) is 0.620. The molecule has 2 aromatic carbocycles. The lowest BCUT2D eigenvalue weighted by molar-refractivity contribution is -0.123. The van der Waals surface area contributed by atoms with Crippen LogP contribution in [0.25, 0.3) is 0 Å². The Balaban J connectivity index is 1.58. The Labute approximate surface area is 187 Å². The third-order valence-corrected chi connectivity index (χ3v) is 5.11. The molecule has 0 saturated carbocycles. The molecule has 2 amide bonds. The summed E-state index contributed by atoms with van der Waals surface area (Å²) in [5.41, 5.74) is 1.76. The fourth-order valence-corrected chi connectivity index (χ4v) is 3.50. The van der Waals surface area contributed by atoms with Gasteiger partial charge in [0.1, 0.15) is 23.4 Å². The van der Waals surface area contributed by atoms with Crippen molar-refractivity contribution < 1.29 is 28.2 Å². The zero-order chi connectivity index (χ0) is 23.1. The van der Waals surface area contributed by atoms with Gasteiger partial charge < -0.3 is 24.8 Å². The minimum Gasteiger partial charge on any atom is -0.494 e. The van der Waals surface area contributed by atoms with Crippen LogP contribution in [0, 0.1) is 11.7 Å². The van der Waals surface area contributed by atoms with Crippen LogP contribution in [0.3, 0.4) is 0 Å². The maximum Gasteiger partial charge on any atom is 0.251 e. The van der Waals surface area contributed by atoms with Crippen LogP contribution in [0.1, 0.15) is 42.3 Å². The molecule has 8 heteroatoms. The Hall–Kier alpha value is -3.13. The molecule has 1 heterocycles. The van der Waals surface area contributed by atoms with E-state index in [1.807, 2.05) is 20.8 Å². The molecule has 1 aliphatic rings. The first-order chi connectivity index (χ1) is 15.4. The summed E-state index contributed by atoms with van der Waals surface area (Å²) < 4.78 is 30.0. The minimum absolute atomic E-state index is 0.116. The van der Waals surface area contributed by atoms with Gasteiger partial charge in [-0.2, -0.15) is 0 Å². The number of amides is 2. The van der Waals surface area contributed by atoms with Gasteiger partial charge in [0.25, 0.3) is 5.91 Å². The third-order valence-electron chi connectivity index (χ3n) is 5.11. The molecule has 0 fully saturated rings. The molecule has 1 unspecified atom stereocenters. The van der Waals surface area contributed by atoms with Crippen molar-refractivity contribution in [3.63, 3.8) is 0 Å². The minimum atomic E-state index is -0.708. The lowest BCUT2D eigenvalue weighted by Gasteiger charge is -2.23. The SMILES string of the molecule is CCOc1ccc(C(=O)NC(C(=O)NCCc2cc(F)cc3c2OCOC3)C(C)C)cc1. The number of carbonyl (C=O) groups excluding carboxylic acids is 2. The maximum absolute atomic E-state index is 13.9. The van der Waals surface area contributed by atoms with Gasteiger partial charge in [0.2, 0.25) is 5.91 Å². The summed E-state index contributed by atoms with van der Waals surface area (Å²) >= 11 is 0. The van der Waals surface area contributed by atoms with Crippen LogP contribution in [0.15, 0.2) is 36.4 Å². The fraction of sp³-hybridized carbons (Fsp3) is 0.417. The molecule has 1 aliphatic heterocycles. The highest BCUT2D eigenvalue weighted by molar-refractivity contribution is 5.97. The lowest BCUT2D eigenvalue weighted by Crippen LogP contribution is -2.50. The van der Waals surface area contributed by atoms with E-state index in [0.717, 1.165) is 0 Å². The van der Waals surface area contributed by atoms with Gasteiger partial charge in [-0.15, -0.1) is 0 Å². The Bertz CT molecular complexity index is 946. The van der Waals surface area contributed by atoms with Crippen LogP contribution >= 0.6 is 0 Å². The molecule has 2 aromatic rings. The van der Waals surface area contributed by atoms with Gasteiger partial charge in [-0.05, 0) is 61.2 Å². The van der Waals surface area contributed by atoms with Gasteiger partial charge in [0, 0.05) is 17.7 Å². The molecular weight excluding hydrogens is 415 g/mol. The first kappa shape index (κ1) is 23.5. The summed E-state index contributed by atoms with van der Waals surface area (Å²) in [6, 6.07) is 8.84. The van der Waals surface area contributed by atoms with Gasteiger partial charge in [-0.25, -0.2) is 4.39 Å². The van der Waals surface area contributed by atoms with E-state index in [1.165, 1.54) is 12.1 Å². The molecule has 172 valence electrons. The smallest absolute Gasteiger partial charge is 0.251 e. The van der Waals surface area contributed by atoms with Crippen molar-refractivity contribution in [3.8, 4) is 11.5 Å². The predicted octanol–water partition coefficient (Wildman–Crippen LogP) is 3.20. The number of fused-ring (bicyclic) bond motifs is 1. The van der Waals surface area contributed by atoms with Crippen LogP contribution in [0.4, 0.5) is 4.39 Å². The van der Waals surface area contributed by atoms with E-state index >= 15 is 0 Å². The van der Waals surface area contributed by atoms with Crippen molar-refractivity contribution in [1.29, 1.82) is 0 Å². The van der Waals surface area contributed by atoms with Gasteiger partial charge in [0.15, 0.2) is 6.79 Å². The first-order valence-electron chi connectivity index (χ1n) is 10.7. The van der Waals surface area contributed by atoms with Gasteiger partial charge in [0.05, 0.1) is 13.2 Å². The Kier molecular flexibility index (Phi) is 8.05. The van der Waals surface area contributed by atoms with E-state index in [0.29, 0.717) is 47.8 Å². The maximum atomic E-state index is 13.9. The topological polar surface area (TPSA) is 85.9 Å². The highest BCUT2D eigenvalue weighted by atomic mass is 19.1. The summed E-state index contributed by atoms with van der Waals surface area (Å²) in [4.78, 5) is 25.4. The van der Waals surface area contributed by atoms with E-state index in [9.17, 15) is 14.0 Å². The van der Waals surface area contributed by atoms with Crippen molar-refractivity contribution >= 4 is 11.8 Å². The summed E-state index contributed by atoms with van der Waals surface area (Å²) in [6.07, 6.45) is 0.392. The number of rotatable bonds is 9. The van der Waals surface area contributed by atoms with Gasteiger partial charge in [-0.3, -0.25) is 9.59 Å². The molecule has 0 bridgehead atoms. The van der Waals surface area contributed by atoms with Crippen molar-refractivity contribution in [2.45, 2.75) is 39.8 Å². The Morgan fingerprint density at radius 1 is 1.19 bits per heavy atom. The zero-order valence-corrected chi connectivity index (χ0v) is 18.6. The number of halogens is 1. The number of hydrogen-bond donors (Lipinski definition) is 2. The predicted molar refractivity (Wildman–Crippen MR) is 117 cm³/mol. The number of nitrogens with one attached hydrogen (secondary N) is 2. The molecule has 0 saturated heterocycles. The molecule has 1 atom stereocenters. The molecule has 3 rings (SSSR count). The molecule has 32 heavy (non-hydrogen) atoms. The number of hydrogen-bond acceptors (Lipinski definition) is 5. The molecule has 0 aromatic heterocycles. The average molecular weight is 445 g/mol. The van der Waals surface area contributed by atoms with Crippen molar-refractivity contribution in [1.82, 2.24) is 10.6 Å².